The smallest absolute Gasteiger partial charge is 0.373 e. The molecule has 0 aromatic carbocycles. The third-order valence-corrected chi connectivity index (χ3v) is 4.37. The average Bonchev–Trinajstić information content (AvgIpc) is 1.87. The van der Waals surface area contributed by atoms with Crippen molar-refractivity contribution < 1.29 is 13.3 Å². The Hall–Kier alpha value is 0.0969. The fraction of sp³-hybridized carbons (Fsp3) is 1.00. The van der Waals surface area contributed by atoms with Crippen molar-refractivity contribution in [2.75, 3.05) is 13.2 Å². The normalized spacial score (nSPS) is 53.4. The van der Waals surface area contributed by atoms with Gasteiger partial charge in [0.15, 0.2) is 0 Å². The highest BCUT2D eigenvalue weighted by molar-refractivity contribution is 6.59. The minimum atomic E-state index is -2.11. The van der Waals surface area contributed by atoms with Gasteiger partial charge in [-0.2, -0.15) is 0 Å². The molecule has 1 atom stereocenters. The topological polar surface area (TPSA) is 27.7 Å². The second-order valence-corrected chi connectivity index (χ2v) is 5.61. The Bertz CT molecular complexity index is 142. The summed E-state index contributed by atoms with van der Waals surface area (Å²) in [6.45, 7) is 5.73. The van der Waals surface area contributed by atoms with Gasteiger partial charge in [-0.1, -0.05) is 0 Å². The molecule has 0 aliphatic carbocycles. The first-order chi connectivity index (χ1) is 4.70. The van der Waals surface area contributed by atoms with Crippen LogP contribution >= 0.6 is 0 Å². The first-order valence-corrected chi connectivity index (χ1v) is 5.88. The summed E-state index contributed by atoms with van der Waals surface area (Å²) >= 11 is 0. The maximum atomic E-state index is 5.57. The van der Waals surface area contributed by atoms with Crippen molar-refractivity contribution in [3.63, 3.8) is 0 Å². The van der Waals surface area contributed by atoms with Gasteiger partial charge < -0.3 is 13.3 Å². The second kappa shape index (κ2) is 2.04. The van der Waals surface area contributed by atoms with Gasteiger partial charge in [0.25, 0.3) is 0 Å². The van der Waals surface area contributed by atoms with E-state index in [1.807, 2.05) is 6.55 Å². The molecule has 3 rings (SSSR count). The molecule has 0 aromatic heterocycles. The molecule has 0 amide bonds. The van der Waals surface area contributed by atoms with Crippen LogP contribution in [0.1, 0.15) is 6.92 Å². The van der Waals surface area contributed by atoms with E-state index in [9.17, 15) is 0 Å². The highest BCUT2D eigenvalue weighted by Gasteiger charge is 2.48. The summed E-state index contributed by atoms with van der Waals surface area (Å²) in [5, 5.41) is 0. The Morgan fingerprint density at radius 1 is 1.30 bits per heavy atom. The maximum Gasteiger partial charge on any atom is 0.497 e. The van der Waals surface area contributed by atoms with Crippen LogP contribution in [-0.2, 0) is 13.3 Å². The molecule has 0 spiro atoms. The predicted octanol–water partition coefficient (Wildman–Crippen LogP) is 0.637. The van der Waals surface area contributed by atoms with Crippen molar-refractivity contribution in [1.29, 1.82) is 0 Å². The molecule has 0 aromatic rings. The lowest BCUT2D eigenvalue weighted by Gasteiger charge is -2.44. The molecule has 0 radical (unpaired) electrons. The van der Waals surface area contributed by atoms with Crippen LogP contribution in [0.25, 0.3) is 0 Å². The SMILES string of the molecule is CC1O[Si]2(C)OCC1CO2. The molecule has 3 heterocycles. The Morgan fingerprint density at radius 2 is 1.90 bits per heavy atom. The number of hydrogen-bond acceptors (Lipinski definition) is 3. The van der Waals surface area contributed by atoms with Gasteiger partial charge in [-0.05, 0) is 6.92 Å². The van der Waals surface area contributed by atoms with Gasteiger partial charge in [0, 0.05) is 25.7 Å². The lowest BCUT2D eigenvalue weighted by molar-refractivity contribution is -0.111. The van der Waals surface area contributed by atoms with Gasteiger partial charge in [0.05, 0.1) is 6.10 Å². The second-order valence-electron chi connectivity index (χ2n) is 3.07. The Labute approximate surface area is 61.6 Å². The average molecular weight is 160 g/mol. The zero-order valence-corrected chi connectivity index (χ0v) is 7.29. The molecule has 3 saturated heterocycles. The maximum absolute atomic E-state index is 5.57. The van der Waals surface area contributed by atoms with E-state index >= 15 is 0 Å². The molecule has 3 nitrogen and oxygen atoms in total. The van der Waals surface area contributed by atoms with Crippen molar-refractivity contribution in [3.8, 4) is 0 Å². The Balaban J connectivity index is 2.14. The van der Waals surface area contributed by atoms with Crippen LogP contribution in [-0.4, -0.2) is 28.1 Å². The van der Waals surface area contributed by atoms with Crippen LogP contribution in [0.4, 0.5) is 0 Å². The molecule has 1 unspecified atom stereocenters. The number of fused-ring (bicyclic) bond motifs is 3. The minimum absolute atomic E-state index is 0.346. The summed E-state index contributed by atoms with van der Waals surface area (Å²) < 4.78 is 16.4. The predicted molar refractivity (Wildman–Crippen MR) is 37.6 cm³/mol. The monoisotopic (exact) mass is 160 g/mol. The highest BCUT2D eigenvalue weighted by atomic mass is 28.4. The van der Waals surface area contributed by atoms with Crippen LogP contribution in [0, 0.1) is 5.92 Å². The van der Waals surface area contributed by atoms with Crippen LogP contribution in [0.15, 0.2) is 0 Å². The quantitative estimate of drug-likeness (QED) is 0.487. The minimum Gasteiger partial charge on any atom is -0.373 e. The molecule has 0 N–H and O–H groups in total. The van der Waals surface area contributed by atoms with Gasteiger partial charge in [-0.15, -0.1) is 0 Å². The van der Waals surface area contributed by atoms with Crippen molar-refractivity contribution in [2.45, 2.75) is 19.6 Å². The molecule has 10 heavy (non-hydrogen) atoms. The summed E-state index contributed by atoms with van der Waals surface area (Å²) in [5.41, 5.74) is 0. The Morgan fingerprint density at radius 3 is 2.20 bits per heavy atom. The lowest BCUT2D eigenvalue weighted by atomic mass is 10.1. The zero-order valence-electron chi connectivity index (χ0n) is 6.29. The zero-order chi connectivity index (χ0) is 7.19. The van der Waals surface area contributed by atoms with Gasteiger partial charge in [-0.3, -0.25) is 0 Å². The third-order valence-electron chi connectivity index (χ3n) is 2.18. The molecule has 3 aliphatic heterocycles. The van der Waals surface area contributed by atoms with E-state index in [0.717, 1.165) is 13.2 Å². The van der Waals surface area contributed by atoms with Crippen molar-refractivity contribution in [2.24, 2.45) is 5.92 Å². The van der Waals surface area contributed by atoms with E-state index in [-0.39, 0.29) is 0 Å². The summed E-state index contributed by atoms with van der Waals surface area (Å²) in [7, 11) is -2.11. The highest BCUT2D eigenvalue weighted by Crippen LogP contribution is 2.30. The molecule has 3 aliphatic rings. The van der Waals surface area contributed by atoms with Crippen molar-refractivity contribution >= 4 is 8.80 Å². The fourth-order valence-electron chi connectivity index (χ4n) is 1.38. The summed E-state index contributed by atoms with van der Waals surface area (Å²) in [6, 6.07) is 0. The van der Waals surface area contributed by atoms with E-state index in [4.69, 9.17) is 13.3 Å². The number of rotatable bonds is 0. The first-order valence-electron chi connectivity index (χ1n) is 3.65. The molecular weight excluding hydrogens is 148 g/mol. The van der Waals surface area contributed by atoms with E-state index < -0.39 is 8.80 Å². The van der Waals surface area contributed by atoms with E-state index in [1.165, 1.54) is 0 Å². The third kappa shape index (κ3) is 0.916. The molecule has 0 saturated carbocycles. The van der Waals surface area contributed by atoms with Gasteiger partial charge in [0.1, 0.15) is 0 Å². The molecule has 2 bridgehead atoms. The fourth-order valence-corrected chi connectivity index (χ4v) is 3.50. The van der Waals surface area contributed by atoms with Crippen LogP contribution in [0.3, 0.4) is 0 Å². The van der Waals surface area contributed by atoms with E-state index in [2.05, 4.69) is 6.92 Å². The molecular formula is C6H12O3Si. The van der Waals surface area contributed by atoms with Gasteiger partial charge in [-0.25, -0.2) is 0 Å². The largest absolute Gasteiger partial charge is 0.497 e. The van der Waals surface area contributed by atoms with Gasteiger partial charge in [0.2, 0.25) is 0 Å². The van der Waals surface area contributed by atoms with Gasteiger partial charge >= 0.3 is 8.80 Å². The first kappa shape index (κ1) is 6.79. The summed E-state index contributed by atoms with van der Waals surface area (Å²) in [4.78, 5) is 0. The van der Waals surface area contributed by atoms with Crippen LogP contribution in [0.5, 0.6) is 0 Å². The molecule has 3 fully saturated rings. The van der Waals surface area contributed by atoms with Crippen LogP contribution in [0.2, 0.25) is 6.55 Å². The van der Waals surface area contributed by atoms with E-state index in [1.54, 1.807) is 0 Å². The summed E-state index contributed by atoms with van der Waals surface area (Å²) in [5.74, 6) is 0.467. The lowest BCUT2D eigenvalue weighted by Crippen LogP contribution is -2.59. The number of hydrogen-bond donors (Lipinski definition) is 0. The molecule has 58 valence electrons. The van der Waals surface area contributed by atoms with Crippen molar-refractivity contribution in [3.05, 3.63) is 0 Å². The van der Waals surface area contributed by atoms with E-state index in [0.29, 0.717) is 12.0 Å². The van der Waals surface area contributed by atoms with Crippen molar-refractivity contribution in [1.82, 2.24) is 0 Å². The van der Waals surface area contributed by atoms with Crippen LogP contribution < -0.4 is 0 Å². The molecule has 4 heteroatoms. The Kier molecular flexibility index (Phi) is 1.38. The standard InChI is InChI=1S/C6H12O3Si/c1-5-6-3-7-10(2,9-5)8-4-6/h5-6H,3-4H2,1-2H3. The summed E-state index contributed by atoms with van der Waals surface area (Å²) in [6.07, 6.45) is 0.346.